The Morgan fingerprint density at radius 2 is 1.92 bits per heavy atom. The molecule has 0 aliphatic heterocycles. The SMILES string of the molecule is CC[NH+](CCO)c1ccc(N)cc1. The van der Waals surface area contributed by atoms with E-state index in [0.717, 1.165) is 18.8 Å². The van der Waals surface area contributed by atoms with E-state index in [1.807, 2.05) is 24.3 Å². The van der Waals surface area contributed by atoms with Crippen LogP contribution in [0.15, 0.2) is 24.3 Å². The third-order valence-corrected chi connectivity index (χ3v) is 2.16. The van der Waals surface area contributed by atoms with Crippen molar-refractivity contribution in [2.45, 2.75) is 6.92 Å². The highest BCUT2D eigenvalue weighted by atomic mass is 16.3. The third-order valence-electron chi connectivity index (χ3n) is 2.16. The molecule has 0 amide bonds. The fraction of sp³-hybridized carbons (Fsp3) is 0.400. The number of hydrogen-bond donors (Lipinski definition) is 3. The summed E-state index contributed by atoms with van der Waals surface area (Å²) in [6.07, 6.45) is 0. The number of aliphatic hydroxyl groups is 1. The highest BCUT2D eigenvalue weighted by molar-refractivity contribution is 5.44. The molecule has 0 aliphatic rings. The van der Waals surface area contributed by atoms with E-state index < -0.39 is 0 Å². The molecule has 0 saturated carbocycles. The molecule has 0 radical (unpaired) electrons. The molecule has 0 aromatic heterocycles. The minimum Gasteiger partial charge on any atom is -0.399 e. The standard InChI is InChI=1S/C10H16N2O/c1-2-12(7-8-13)10-5-3-9(11)4-6-10/h3-6,13H,2,7-8,11H2,1H3/p+1. The molecular formula is C10H17N2O+. The lowest BCUT2D eigenvalue weighted by atomic mass is 10.2. The monoisotopic (exact) mass is 181 g/mol. The molecule has 13 heavy (non-hydrogen) atoms. The fourth-order valence-electron chi connectivity index (χ4n) is 1.38. The number of benzene rings is 1. The number of quaternary nitrogens is 1. The zero-order chi connectivity index (χ0) is 9.68. The van der Waals surface area contributed by atoms with Crippen molar-refractivity contribution in [2.24, 2.45) is 0 Å². The zero-order valence-corrected chi connectivity index (χ0v) is 7.96. The van der Waals surface area contributed by atoms with Gasteiger partial charge >= 0.3 is 0 Å². The summed E-state index contributed by atoms with van der Waals surface area (Å²) in [7, 11) is 0. The Balaban J connectivity index is 2.73. The van der Waals surface area contributed by atoms with Gasteiger partial charge in [-0.3, -0.25) is 0 Å². The van der Waals surface area contributed by atoms with Crippen LogP contribution in [0.2, 0.25) is 0 Å². The molecule has 3 heteroatoms. The summed E-state index contributed by atoms with van der Waals surface area (Å²) >= 11 is 0. The van der Waals surface area contributed by atoms with Crippen LogP contribution < -0.4 is 10.6 Å². The van der Waals surface area contributed by atoms with Crippen molar-refractivity contribution in [3.63, 3.8) is 0 Å². The second-order valence-electron chi connectivity index (χ2n) is 3.05. The summed E-state index contributed by atoms with van der Waals surface area (Å²) in [5.41, 5.74) is 7.55. The molecule has 3 nitrogen and oxygen atoms in total. The van der Waals surface area contributed by atoms with Gasteiger partial charge in [0.1, 0.15) is 12.2 Å². The number of aliphatic hydroxyl groups excluding tert-OH is 1. The van der Waals surface area contributed by atoms with Crippen LogP contribution in [-0.2, 0) is 0 Å². The summed E-state index contributed by atoms with van der Waals surface area (Å²) in [5.74, 6) is 0. The van der Waals surface area contributed by atoms with Gasteiger partial charge in [0.05, 0.1) is 13.2 Å². The molecule has 0 spiro atoms. The molecule has 1 aromatic rings. The van der Waals surface area contributed by atoms with E-state index in [0.29, 0.717) is 0 Å². The minimum atomic E-state index is 0.216. The van der Waals surface area contributed by atoms with E-state index in [1.54, 1.807) is 0 Å². The molecule has 72 valence electrons. The van der Waals surface area contributed by atoms with Gasteiger partial charge < -0.3 is 15.7 Å². The van der Waals surface area contributed by atoms with Crippen molar-refractivity contribution >= 4 is 11.4 Å². The molecule has 1 aromatic carbocycles. The van der Waals surface area contributed by atoms with Gasteiger partial charge in [-0.05, 0) is 19.1 Å². The molecule has 1 atom stereocenters. The van der Waals surface area contributed by atoms with Gasteiger partial charge in [0.2, 0.25) is 0 Å². The first-order chi connectivity index (χ1) is 6.27. The fourth-order valence-corrected chi connectivity index (χ4v) is 1.38. The summed E-state index contributed by atoms with van der Waals surface area (Å²) in [6, 6.07) is 7.79. The Morgan fingerprint density at radius 1 is 1.31 bits per heavy atom. The molecule has 0 aliphatic carbocycles. The second-order valence-corrected chi connectivity index (χ2v) is 3.05. The van der Waals surface area contributed by atoms with E-state index in [4.69, 9.17) is 10.8 Å². The van der Waals surface area contributed by atoms with Crippen LogP contribution in [0.25, 0.3) is 0 Å². The summed E-state index contributed by atoms with van der Waals surface area (Å²) < 4.78 is 0. The second kappa shape index (κ2) is 4.84. The lowest BCUT2D eigenvalue weighted by Gasteiger charge is -2.15. The van der Waals surface area contributed by atoms with E-state index in [1.165, 1.54) is 10.6 Å². The number of nitrogen functional groups attached to an aromatic ring is 1. The van der Waals surface area contributed by atoms with Gasteiger partial charge in [0, 0.05) is 17.8 Å². The van der Waals surface area contributed by atoms with E-state index >= 15 is 0 Å². The van der Waals surface area contributed by atoms with Crippen LogP contribution >= 0.6 is 0 Å². The van der Waals surface area contributed by atoms with Crippen molar-refractivity contribution in [3.05, 3.63) is 24.3 Å². The molecule has 1 rings (SSSR count). The van der Waals surface area contributed by atoms with Gasteiger partial charge in [0.25, 0.3) is 0 Å². The van der Waals surface area contributed by atoms with Gasteiger partial charge in [-0.25, -0.2) is 0 Å². The number of nitrogens with two attached hydrogens (primary N) is 1. The van der Waals surface area contributed by atoms with Crippen molar-refractivity contribution < 1.29 is 10.0 Å². The van der Waals surface area contributed by atoms with Crippen LogP contribution in [0.1, 0.15) is 6.92 Å². The number of nitrogens with one attached hydrogen (secondary N) is 1. The predicted octanol–water partition coefficient (Wildman–Crippen LogP) is -0.203. The quantitative estimate of drug-likeness (QED) is 0.563. The van der Waals surface area contributed by atoms with Crippen molar-refractivity contribution in [1.82, 2.24) is 0 Å². The Kier molecular flexibility index (Phi) is 3.73. The Labute approximate surface area is 78.8 Å². The van der Waals surface area contributed by atoms with Crippen LogP contribution in [-0.4, -0.2) is 24.8 Å². The van der Waals surface area contributed by atoms with Gasteiger partial charge in [-0.1, -0.05) is 0 Å². The molecule has 4 N–H and O–H groups in total. The Morgan fingerprint density at radius 3 is 2.38 bits per heavy atom. The molecule has 0 heterocycles. The average molecular weight is 181 g/mol. The predicted molar refractivity (Wildman–Crippen MR) is 54.0 cm³/mol. The van der Waals surface area contributed by atoms with Gasteiger partial charge in [-0.15, -0.1) is 0 Å². The highest BCUT2D eigenvalue weighted by Crippen LogP contribution is 2.05. The van der Waals surface area contributed by atoms with Crippen molar-refractivity contribution in [2.75, 3.05) is 25.4 Å². The first-order valence-corrected chi connectivity index (χ1v) is 4.59. The Bertz CT molecular complexity index is 246. The normalized spacial score (nSPS) is 12.8. The van der Waals surface area contributed by atoms with E-state index in [-0.39, 0.29) is 6.61 Å². The van der Waals surface area contributed by atoms with E-state index in [2.05, 4.69) is 6.92 Å². The zero-order valence-electron chi connectivity index (χ0n) is 7.96. The average Bonchev–Trinajstić information content (AvgIpc) is 2.16. The maximum atomic E-state index is 8.84. The number of hydrogen-bond acceptors (Lipinski definition) is 2. The minimum absolute atomic E-state index is 0.216. The lowest BCUT2D eigenvalue weighted by Crippen LogP contribution is -3.07. The van der Waals surface area contributed by atoms with Crippen molar-refractivity contribution in [1.29, 1.82) is 0 Å². The number of anilines is 1. The van der Waals surface area contributed by atoms with Crippen molar-refractivity contribution in [3.8, 4) is 0 Å². The molecule has 0 saturated heterocycles. The van der Waals surface area contributed by atoms with Crippen LogP contribution in [0.5, 0.6) is 0 Å². The first kappa shape index (κ1) is 10.0. The largest absolute Gasteiger partial charge is 0.399 e. The van der Waals surface area contributed by atoms with Crippen LogP contribution in [0, 0.1) is 0 Å². The maximum absolute atomic E-state index is 8.84. The van der Waals surface area contributed by atoms with E-state index in [9.17, 15) is 0 Å². The van der Waals surface area contributed by atoms with Gasteiger partial charge in [-0.2, -0.15) is 0 Å². The summed E-state index contributed by atoms with van der Waals surface area (Å²) in [4.78, 5) is 1.28. The molecule has 0 fully saturated rings. The summed E-state index contributed by atoms with van der Waals surface area (Å²) in [5, 5.41) is 8.84. The highest BCUT2D eigenvalue weighted by Gasteiger charge is 2.07. The topological polar surface area (TPSA) is 50.7 Å². The lowest BCUT2D eigenvalue weighted by molar-refractivity contribution is -0.831. The maximum Gasteiger partial charge on any atom is 0.131 e. The van der Waals surface area contributed by atoms with Crippen LogP contribution in [0.3, 0.4) is 0 Å². The molecule has 1 unspecified atom stereocenters. The third kappa shape index (κ3) is 2.72. The Hall–Kier alpha value is -1.06. The number of likely N-dealkylation sites (N-methyl/N-ethyl adjacent to an activating group) is 1. The van der Waals surface area contributed by atoms with Gasteiger partial charge in [0.15, 0.2) is 0 Å². The van der Waals surface area contributed by atoms with Crippen LogP contribution in [0.4, 0.5) is 11.4 Å². The smallest absolute Gasteiger partial charge is 0.131 e. The molecule has 0 bridgehead atoms. The number of rotatable bonds is 4. The summed E-state index contributed by atoms with van der Waals surface area (Å²) in [6.45, 7) is 4.04. The first-order valence-electron chi connectivity index (χ1n) is 4.59. The molecular weight excluding hydrogens is 164 g/mol.